The van der Waals surface area contributed by atoms with Gasteiger partial charge >= 0.3 is 0 Å². The van der Waals surface area contributed by atoms with Gasteiger partial charge in [-0.1, -0.05) is 68.1 Å². The molecule has 1 aromatic carbocycles. The maximum Gasteiger partial charge on any atom is -0.0198 e. The van der Waals surface area contributed by atoms with Crippen LogP contribution in [0.2, 0.25) is 0 Å². The molecule has 2 atom stereocenters. The van der Waals surface area contributed by atoms with E-state index in [-0.39, 0.29) is 0 Å². The summed E-state index contributed by atoms with van der Waals surface area (Å²) in [6.07, 6.45) is 5.33. The van der Waals surface area contributed by atoms with E-state index in [1.54, 1.807) is 10.6 Å². The second-order valence-electron chi connectivity index (χ2n) is 3.40. The highest BCUT2D eigenvalue weighted by molar-refractivity contribution is 7.54. The fourth-order valence-corrected chi connectivity index (χ4v) is 3.86. The summed E-state index contributed by atoms with van der Waals surface area (Å²) in [6.45, 7) is 4.54. The smallest absolute Gasteiger partial charge is 0.0198 e. The molecule has 1 aromatic rings. The summed E-state index contributed by atoms with van der Waals surface area (Å²) in [4.78, 5) is 0. The van der Waals surface area contributed by atoms with E-state index in [2.05, 4.69) is 38.1 Å². The number of benzene rings is 1. The van der Waals surface area contributed by atoms with Gasteiger partial charge in [0.15, 0.2) is 0 Å². The van der Waals surface area contributed by atoms with Gasteiger partial charge in [-0.2, -0.15) is 0 Å². The van der Waals surface area contributed by atoms with Crippen molar-refractivity contribution in [2.75, 3.05) is 12.3 Å². The van der Waals surface area contributed by atoms with E-state index in [0.717, 1.165) is 17.2 Å². The van der Waals surface area contributed by atoms with E-state index < -0.39 is 0 Å². The lowest BCUT2D eigenvalue weighted by molar-refractivity contribution is 1.10. The molecule has 2 unspecified atom stereocenters. The molecule has 1 rings (SSSR count). The Hall–Kier alpha value is 0.0800. The lowest BCUT2D eigenvalue weighted by Crippen LogP contribution is -2.15. The van der Waals surface area contributed by atoms with Gasteiger partial charge in [0, 0.05) is 0 Å². The van der Waals surface area contributed by atoms with E-state index in [0.29, 0.717) is 0 Å². The minimum Gasteiger partial charge on any atom is -0.0897 e. The molecule has 14 heavy (non-hydrogen) atoms. The molecule has 0 saturated heterocycles. The van der Waals surface area contributed by atoms with Crippen LogP contribution in [0.3, 0.4) is 0 Å². The van der Waals surface area contributed by atoms with Gasteiger partial charge in [-0.25, -0.2) is 0 Å². The van der Waals surface area contributed by atoms with Crippen molar-refractivity contribution in [3.8, 4) is 0 Å². The topological polar surface area (TPSA) is 0 Å². The second kappa shape index (κ2) is 7.38. The predicted octanol–water partition coefficient (Wildman–Crippen LogP) is 3.11. The maximum absolute atomic E-state index is 2.31. The Bertz CT molecular complexity index is 231. The van der Waals surface area contributed by atoms with Crippen molar-refractivity contribution in [2.45, 2.75) is 26.7 Å². The molecule has 0 aliphatic rings. The van der Waals surface area contributed by atoms with Crippen LogP contribution in [0.5, 0.6) is 0 Å². The molecule has 0 aromatic heterocycles. The lowest BCUT2D eigenvalue weighted by atomic mass is 10.4. The van der Waals surface area contributed by atoms with Crippen LogP contribution < -0.4 is 10.6 Å². The van der Waals surface area contributed by atoms with Crippen LogP contribution in [-0.2, 0) is 0 Å². The summed E-state index contributed by atoms with van der Waals surface area (Å²) < 4.78 is 0. The fourth-order valence-electron chi connectivity index (χ4n) is 1.31. The molecule has 0 radical (unpaired) electrons. The first-order valence-corrected chi connectivity index (χ1v) is 7.86. The standard InChI is InChI=1S/C12H20P2/c1-3-9-13-11-7-5-6-8-12(11)14-10-4-2/h5-8,13-14H,3-4,9-10H2,1-2H3. The quantitative estimate of drug-likeness (QED) is 0.654. The van der Waals surface area contributed by atoms with Gasteiger partial charge in [-0.15, -0.1) is 0 Å². The third-order valence-corrected chi connectivity index (χ3v) is 5.44. The number of rotatable bonds is 6. The highest BCUT2D eigenvalue weighted by Crippen LogP contribution is 2.16. The third-order valence-electron chi connectivity index (χ3n) is 2.06. The van der Waals surface area contributed by atoms with E-state index in [1.807, 2.05) is 0 Å². The van der Waals surface area contributed by atoms with Crippen molar-refractivity contribution in [3.05, 3.63) is 24.3 Å². The van der Waals surface area contributed by atoms with Crippen molar-refractivity contribution in [1.29, 1.82) is 0 Å². The van der Waals surface area contributed by atoms with Crippen LogP contribution in [0.1, 0.15) is 26.7 Å². The molecular weight excluding hydrogens is 206 g/mol. The summed E-state index contributed by atoms with van der Waals surface area (Å²) in [7, 11) is 2.04. The highest BCUT2D eigenvalue weighted by Gasteiger charge is 1.99. The number of hydrogen-bond acceptors (Lipinski definition) is 0. The molecule has 0 saturated carbocycles. The summed E-state index contributed by atoms with van der Waals surface area (Å²) in [5, 5.41) is 3.22. The Kier molecular flexibility index (Phi) is 6.41. The molecule has 0 aliphatic carbocycles. The molecule has 2 heteroatoms. The zero-order valence-electron chi connectivity index (χ0n) is 9.14. The average Bonchev–Trinajstić information content (AvgIpc) is 2.24. The first-order chi connectivity index (χ1) is 6.88. The highest BCUT2D eigenvalue weighted by atomic mass is 31.1. The molecule has 78 valence electrons. The van der Waals surface area contributed by atoms with Gasteiger partial charge in [0.2, 0.25) is 0 Å². The fraction of sp³-hybridized carbons (Fsp3) is 0.500. The largest absolute Gasteiger partial charge is 0.0897 e. The van der Waals surface area contributed by atoms with E-state index >= 15 is 0 Å². The minimum absolute atomic E-state index is 1.02. The monoisotopic (exact) mass is 226 g/mol. The van der Waals surface area contributed by atoms with Crippen molar-refractivity contribution in [2.24, 2.45) is 0 Å². The predicted molar refractivity (Wildman–Crippen MR) is 72.7 cm³/mol. The normalized spacial score (nSPS) is 12.1. The van der Waals surface area contributed by atoms with Gasteiger partial charge in [0.05, 0.1) is 0 Å². The Labute approximate surface area is 91.5 Å². The van der Waals surface area contributed by atoms with Crippen molar-refractivity contribution in [3.63, 3.8) is 0 Å². The summed E-state index contributed by atoms with van der Waals surface area (Å²) in [6, 6.07) is 8.98. The molecule has 0 fully saturated rings. The first kappa shape index (κ1) is 12.2. The van der Waals surface area contributed by atoms with Crippen LogP contribution in [0, 0.1) is 0 Å². The molecule has 0 heterocycles. The maximum atomic E-state index is 2.31. The molecule has 0 N–H and O–H groups in total. The Morgan fingerprint density at radius 2 is 1.29 bits per heavy atom. The van der Waals surface area contributed by atoms with Gasteiger partial charge in [0.1, 0.15) is 0 Å². The van der Waals surface area contributed by atoms with Crippen molar-refractivity contribution >= 4 is 27.8 Å². The molecule has 0 bridgehead atoms. The Morgan fingerprint density at radius 1 is 0.857 bits per heavy atom. The number of hydrogen-bond donors (Lipinski definition) is 0. The SMILES string of the molecule is CCCPc1ccccc1PCCC. The van der Waals surface area contributed by atoms with E-state index in [9.17, 15) is 0 Å². The average molecular weight is 226 g/mol. The van der Waals surface area contributed by atoms with Crippen molar-refractivity contribution in [1.82, 2.24) is 0 Å². The molecule has 0 nitrogen and oxygen atoms in total. The van der Waals surface area contributed by atoms with Crippen LogP contribution in [0.25, 0.3) is 0 Å². The zero-order chi connectivity index (χ0) is 10.2. The molecular formula is C12H20P2. The second-order valence-corrected chi connectivity index (χ2v) is 6.18. The van der Waals surface area contributed by atoms with Crippen LogP contribution in [0.15, 0.2) is 24.3 Å². The first-order valence-electron chi connectivity index (χ1n) is 5.45. The van der Waals surface area contributed by atoms with Crippen LogP contribution >= 0.6 is 17.2 Å². The lowest BCUT2D eigenvalue weighted by Gasteiger charge is -2.08. The van der Waals surface area contributed by atoms with Gasteiger partial charge in [-0.3, -0.25) is 0 Å². The van der Waals surface area contributed by atoms with Gasteiger partial charge < -0.3 is 0 Å². The zero-order valence-corrected chi connectivity index (χ0v) is 11.1. The van der Waals surface area contributed by atoms with Gasteiger partial charge in [0.25, 0.3) is 0 Å². The summed E-state index contributed by atoms with van der Waals surface area (Å²) in [5.41, 5.74) is 0. The molecule has 0 aliphatic heterocycles. The van der Waals surface area contributed by atoms with E-state index in [1.165, 1.54) is 25.2 Å². The van der Waals surface area contributed by atoms with Crippen LogP contribution in [-0.4, -0.2) is 12.3 Å². The Morgan fingerprint density at radius 3 is 1.64 bits per heavy atom. The van der Waals surface area contributed by atoms with Crippen LogP contribution in [0.4, 0.5) is 0 Å². The van der Waals surface area contributed by atoms with Crippen molar-refractivity contribution < 1.29 is 0 Å². The van der Waals surface area contributed by atoms with Gasteiger partial charge in [-0.05, 0) is 22.9 Å². The minimum atomic E-state index is 1.02. The Balaban J connectivity index is 2.60. The summed E-state index contributed by atoms with van der Waals surface area (Å²) in [5.74, 6) is 0. The summed E-state index contributed by atoms with van der Waals surface area (Å²) >= 11 is 0. The van der Waals surface area contributed by atoms with E-state index in [4.69, 9.17) is 0 Å². The third kappa shape index (κ3) is 4.07. The molecule has 0 spiro atoms. The molecule has 0 amide bonds.